The Balaban J connectivity index is 2.07. The minimum absolute atomic E-state index is 0.558. The summed E-state index contributed by atoms with van der Waals surface area (Å²) in [5, 5.41) is 18.9. The monoisotopic (exact) mass is 289 g/mol. The van der Waals surface area contributed by atoms with Crippen molar-refractivity contribution >= 4 is 12.0 Å². The Bertz CT molecular complexity index is 523. The molecule has 0 aliphatic carbocycles. The number of carbonyl (C=O) groups is 1. The van der Waals surface area contributed by atoms with E-state index in [1.165, 1.54) is 6.08 Å². The standard InChI is InChI=1S/C17H23NO3/c1-17(21)9-4-11-18(12-10-17)13-15-6-3-2-5-14(15)7-8-16(19)20/h2-3,5-8,21H,4,9-13H2,1H3,(H,19,20)/b8-7+. The summed E-state index contributed by atoms with van der Waals surface area (Å²) in [5.74, 6) is -0.935. The third kappa shape index (κ3) is 4.99. The Morgan fingerprint density at radius 2 is 2.10 bits per heavy atom. The minimum atomic E-state index is -0.935. The molecule has 0 bridgehead atoms. The highest BCUT2D eigenvalue weighted by Gasteiger charge is 2.24. The van der Waals surface area contributed by atoms with E-state index in [2.05, 4.69) is 4.90 Å². The second-order valence-electron chi connectivity index (χ2n) is 6.00. The molecule has 4 heteroatoms. The number of likely N-dealkylation sites (tertiary alicyclic amines) is 1. The molecule has 1 unspecified atom stereocenters. The van der Waals surface area contributed by atoms with Gasteiger partial charge in [0, 0.05) is 19.2 Å². The second-order valence-corrected chi connectivity index (χ2v) is 6.00. The zero-order valence-electron chi connectivity index (χ0n) is 12.5. The Kier molecular flexibility index (Phi) is 5.15. The number of nitrogens with zero attached hydrogens (tertiary/aromatic N) is 1. The van der Waals surface area contributed by atoms with Crippen molar-refractivity contribution in [2.45, 2.75) is 38.3 Å². The van der Waals surface area contributed by atoms with Crippen molar-refractivity contribution in [3.63, 3.8) is 0 Å². The van der Waals surface area contributed by atoms with Crippen molar-refractivity contribution in [3.8, 4) is 0 Å². The van der Waals surface area contributed by atoms with Crippen molar-refractivity contribution in [1.29, 1.82) is 0 Å². The van der Waals surface area contributed by atoms with E-state index in [4.69, 9.17) is 5.11 Å². The van der Waals surface area contributed by atoms with Gasteiger partial charge >= 0.3 is 5.97 Å². The summed E-state index contributed by atoms with van der Waals surface area (Å²) in [4.78, 5) is 13.0. The van der Waals surface area contributed by atoms with Crippen LogP contribution in [0.4, 0.5) is 0 Å². The summed E-state index contributed by atoms with van der Waals surface area (Å²) in [5.41, 5.74) is 1.50. The molecule has 1 fully saturated rings. The van der Waals surface area contributed by atoms with E-state index >= 15 is 0 Å². The third-order valence-corrected chi connectivity index (χ3v) is 4.01. The van der Waals surface area contributed by atoms with Crippen molar-refractivity contribution in [3.05, 3.63) is 41.5 Å². The van der Waals surface area contributed by atoms with Crippen LogP contribution in [-0.2, 0) is 11.3 Å². The van der Waals surface area contributed by atoms with E-state index in [-0.39, 0.29) is 0 Å². The molecule has 0 amide bonds. The maximum atomic E-state index is 10.7. The number of hydrogen-bond donors (Lipinski definition) is 2. The highest BCUT2D eigenvalue weighted by atomic mass is 16.4. The van der Waals surface area contributed by atoms with Crippen LogP contribution >= 0.6 is 0 Å². The molecule has 1 aromatic rings. The SMILES string of the molecule is CC1(O)CCCN(Cc2ccccc2/C=C/C(=O)O)CC1. The average Bonchev–Trinajstić information content (AvgIpc) is 2.59. The van der Waals surface area contributed by atoms with E-state index < -0.39 is 11.6 Å². The van der Waals surface area contributed by atoms with Gasteiger partial charge in [0.2, 0.25) is 0 Å². The summed E-state index contributed by atoms with van der Waals surface area (Å²) in [6, 6.07) is 7.85. The Labute approximate surface area is 125 Å². The summed E-state index contributed by atoms with van der Waals surface area (Å²) in [6.45, 7) is 4.52. The van der Waals surface area contributed by atoms with Gasteiger partial charge in [-0.05, 0) is 49.9 Å². The molecule has 4 nitrogen and oxygen atoms in total. The molecule has 0 aromatic heterocycles. The quantitative estimate of drug-likeness (QED) is 0.836. The van der Waals surface area contributed by atoms with Gasteiger partial charge in [-0.3, -0.25) is 4.90 Å². The van der Waals surface area contributed by atoms with Gasteiger partial charge in [0.1, 0.15) is 0 Å². The maximum Gasteiger partial charge on any atom is 0.328 e. The highest BCUT2D eigenvalue weighted by Crippen LogP contribution is 2.23. The zero-order valence-corrected chi connectivity index (χ0v) is 12.5. The number of aliphatic hydroxyl groups is 1. The van der Waals surface area contributed by atoms with Crippen molar-refractivity contribution in [2.24, 2.45) is 0 Å². The lowest BCUT2D eigenvalue weighted by Crippen LogP contribution is -2.28. The number of aliphatic carboxylic acids is 1. The van der Waals surface area contributed by atoms with Crippen LogP contribution in [0.25, 0.3) is 6.08 Å². The van der Waals surface area contributed by atoms with Crippen LogP contribution in [0.1, 0.15) is 37.3 Å². The van der Waals surface area contributed by atoms with Crippen LogP contribution in [-0.4, -0.2) is 39.8 Å². The molecule has 114 valence electrons. The molecule has 2 N–H and O–H groups in total. The topological polar surface area (TPSA) is 60.8 Å². The number of rotatable bonds is 4. The third-order valence-electron chi connectivity index (χ3n) is 4.01. The molecule has 1 aliphatic heterocycles. The molecular formula is C17H23NO3. The Morgan fingerprint density at radius 3 is 2.86 bits per heavy atom. The summed E-state index contributed by atoms with van der Waals surface area (Å²) < 4.78 is 0. The van der Waals surface area contributed by atoms with Gasteiger partial charge < -0.3 is 10.2 Å². The fourth-order valence-corrected chi connectivity index (χ4v) is 2.72. The molecule has 0 radical (unpaired) electrons. The van der Waals surface area contributed by atoms with E-state index in [1.54, 1.807) is 6.08 Å². The van der Waals surface area contributed by atoms with Gasteiger partial charge in [0.05, 0.1) is 5.60 Å². The fourth-order valence-electron chi connectivity index (χ4n) is 2.72. The Hall–Kier alpha value is -1.65. The van der Waals surface area contributed by atoms with E-state index in [1.807, 2.05) is 31.2 Å². The van der Waals surface area contributed by atoms with Gasteiger partial charge in [-0.15, -0.1) is 0 Å². The first kappa shape index (κ1) is 15.7. The normalized spacial score (nSPS) is 24.1. The predicted octanol–water partition coefficient (Wildman–Crippen LogP) is 2.52. The van der Waals surface area contributed by atoms with Crippen LogP contribution < -0.4 is 0 Å². The van der Waals surface area contributed by atoms with Crippen molar-refractivity contribution in [2.75, 3.05) is 13.1 Å². The second kappa shape index (κ2) is 6.87. The van der Waals surface area contributed by atoms with E-state index in [0.717, 1.165) is 50.0 Å². The highest BCUT2D eigenvalue weighted by molar-refractivity contribution is 5.85. The predicted molar refractivity (Wildman–Crippen MR) is 82.9 cm³/mol. The van der Waals surface area contributed by atoms with Gasteiger partial charge in [-0.1, -0.05) is 24.3 Å². The molecule has 0 spiro atoms. The molecular weight excluding hydrogens is 266 g/mol. The van der Waals surface area contributed by atoms with Gasteiger partial charge in [-0.25, -0.2) is 4.79 Å². The molecule has 2 rings (SSSR count). The summed E-state index contributed by atoms with van der Waals surface area (Å²) in [7, 11) is 0. The summed E-state index contributed by atoms with van der Waals surface area (Å²) in [6.07, 6.45) is 5.42. The molecule has 0 saturated carbocycles. The first-order valence-electron chi connectivity index (χ1n) is 7.40. The molecule has 1 atom stereocenters. The minimum Gasteiger partial charge on any atom is -0.478 e. The fraction of sp³-hybridized carbons (Fsp3) is 0.471. The largest absolute Gasteiger partial charge is 0.478 e. The van der Waals surface area contributed by atoms with Crippen LogP contribution in [0.2, 0.25) is 0 Å². The lowest BCUT2D eigenvalue weighted by atomic mass is 9.98. The van der Waals surface area contributed by atoms with E-state index in [9.17, 15) is 9.90 Å². The van der Waals surface area contributed by atoms with Crippen LogP contribution in [0.15, 0.2) is 30.3 Å². The van der Waals surface area contributed by atoms with Crippen molar-refractivity contribution < 1.29 is 15.0 Å². The molecule has 1 aliphatic rings. The number of benzene rings is 1. The average molecular weight is 289 g/mol. The lowest BCUT2D eigenvalue weighted by molar-refractivity contribution is -0.131. The van der Waals surface area contributed by atoms with E-state index in [0.29, 0.717) is 0 Å². The molecule has 21 heavy (non-hydrogen) atoms. The number of hydrogen-bond acceptors (Lipinski definition) is 3. The number of carboxylic acid groups (broad SMARTS) is 1. The molecule has 1 aromatic carbocycles. The first-order chi connectivity index (χ1) is 9.96. The maximum absolute atomic E-state index is 10.7. The molecule has 1 saturated heterocycles. The lowest BCUT2D eigenvalue weighted by Gasteiger charge is -2.23. The number of carboxylic acids is 1. The van der Waals surface area contributed by atoms with Crippen LogP contribution in [0, 0.1) is 0 Å². The van der Waals surface area contributed by atoms with Crippen molar-refractivity contribution in [1.82, 2.24) is 4.90 Å². The van der Waals surface area contributed by atoms with Gasteiger partial charge in [0.25, 0.3) is 0 Å². The smallest absolute Gasteiger partial charge is 0.328 e. The van der Waals surface area contributed by atoms with Crippen LogP contribution in [0.5, 0.6) is 0 Å². The van der Waals surface area contributed by atoms with Gasteiger partial charge in [-0.2, -0.15) is 0 Å². The Morgan fingerprint density at radius 1 is 1.33 bits per heavy atom. The van der Waals surface area contributed by atoms with Crippen LogP contribution in [0.3, 0.4) is 0 Å². The van der Waals surface area contributed by atoms with Gasteiger partial charge in [0.15, 0.2) is 0 Å². The molecule has 1 heterocycles. The first-order valence-corrected chi connectivity index (χ1v) is 7.40. The zero-order chi connectivity index (χ0) is 15.3. The summed E-state index contributed by atoms with van der Waals surface area (Å²) >= 11 is 0.